The van der Waals surface area contributed by atoms with E-state index in [1.165, 1.54) is 28.0 Å². The van der Waals surface area contributed by atoms with Crippen LogP contribution in [0, 0.1) is 0 Å². The molecular weight excluding hydrogens is 376 g/mol. The third-order valence-corrected chi connectivity index (χ3v) is 6.77. The fraction of sp³-hybridized carbons (Fsp3) is 0.588. The Kier molecular flexibility index (Phi) is 5.89. The summed E-state index contributed by atoms with van der Waals surface area (Å²) in [4.78, 5) is 39.2. The van der Waals surface area contributed by atoms with Crippen molar-refractivity contribution < 1.29 is 24.2 Å². The van der Waals surface area contributed by atoms with Gasteiger partial charge in [0.15, 0.2) is 5.54 Å². The standard InChI is InChI=1S/C17H22N2O5S2/c1-2-6-24-10-17(16(22)23)5-8-26-15-13(14(21)19(15)17)18-12(20)9-11-4-3-7-25-11/h3-4,7,13,15H,2,5-6,8-10H2,1H3,(H,18,20)(H,22,23). The van der Waals surface area contributed by atoms with Crippen molar-refractivity contribution in [1.82, 2.24) is 10.2 Å². The van der Waals surface area contributed by atoms with E-state index in [-0.39, 0.29) is 30.2 Å². The molecule has 2 fully saturated rings. The second kappa shape index (κ2) is 7.98. The molecule has 3 heterocycles. The molecule has 0 aromatic carbocycles. The molecule has 0 bridgehead atoms. The molecule has 142 valence electrons. The Labute approximate surface area is 160 Å². The van der Waals surface area contributed by atoms with E-state index in [0.29, 0.717) is 18.8 Å². The highest BCUT2D eigenvalue weighted by molar-refractivity contribution is 8.00. The number of β-lactam (4-membered cyclic amide) rings is 1. The monoisotopic (exact) mass is 398 g/mol. The lowest BCUT2D eigenvalue weighted by Crippen LogP contribution is -2.79. The van der Waals surface area contributed by atoms with E-state index in [1.54, 1.807) is 0 Å². The van der Waals surface area contributed by atoms with Crippen molar-refractivity contribution in [3.8, 4) is 0 Å². The van der Waals surface area contributed by atoms with E-state index in [2.05, 4.69) is 5.32 Å². The molecule has 0 radical (unpaired) electrons. The van der Waals surface area contributed by atoms with Crippen LogP contribution in [0.5, 0.6) is 0 Å². The minimum Gasteiger partial charge on any atom is -0.479 e. The third kappa shape index (κ3) is 3.47. The Morgan fingerprint density at radius 3 is 2.96 bits per heavy atom. The van der Waals surface area contributed by atoms with Crippen molar-refractivity contribution in [2.45, 2.75) is 43.1 Å². The Balaban J connectivity index is 1.68. The number of nitrogens with zero attached hydrogens (tertiary/aromatic N) is 1. The van der Waals surface area contributed by atoms with Gasteiger partial charge in [-0.1, -0.05) is 13.0 Å². The van der Waals surface area contributed by atoms with Crippen molar-refractivity contribution in [2.75, 3.05) is 19.0 Å². The van der Waals surface area contributed by atoms with Gasteiger partial charge in [0, 0.05) is 11.5 Å². The minimum absolute atomic E-state index is 0.0190. The molecule has 1 aromatic rings. The fourth-order valence-corrected chi connectivity index (χ4v) is 5.52. The molecule has 0 aliphatic carbocycles. The van der Waals surface area contributed by atoms with Crippen LogP contribution in [0.15, 0.2) is 17.5 Å². The van der Waals surface area contributed by atoms with Gasteiger partial charge < -0.3 is 20.1 Å². The maximum atomic E-state index is 12.7. The highest BCUT2D eigenvalue weighted by Gasteiger charge is 2.62. The topological polar surface area (TPSA) is 95.9 Å². The number of fused-ring (bicyclic) bond motifs is 1. The first-order valence-corrected chi connectivity index (χ1v) is 10.5. The average Bonchev–Trinajstić information content (AvgIpc) is 3.12. The van der Waals surface area contributed by atoms with Crippen molar-refractivity contribution in [2.24, 2.45) is 0 Å². The van der Waals surface area contributed by atoms with Gasteiger partial charge in [-0.05, 0) is 30.0 Å². The molecule has 2 N–H and O–H groups in total. The molecule has 0 saturated carbocycles. The molecule has 2 saturated heterocycles. The first-order chi connectivity index (χ1) is 12.5. The second-order valence-corrected chi connectivity index (χ2v) is 8.67. The van der Waals surface area contributed by atoms with Crippen LogP contribution in [-0.4, -0.2) is 63.7 Å². The summed E-state index contributed by atoms with van der Waals surface area (Å²) in [6, 6.07) is 3.07. The predicted molar refractivity (Wildman–Crippen MR) is 99.1 cm³/mol. The summed E-state index contributed by atoms with van der Waals surface area (Å²) >= 11 is 2.99. The van der Waals surface area contributed by atoms with E-state index < -0.39 is 17.6 Å². The summed E-state index contributed by atoms with van der Waals surface area (Å²) < 4.78 is 5.50. The van der Waals surface area contributed by atoms with Gasteiger partial charge in [-0.2, -0.15) is 0 Å². The molecule has 2 amide bonds. The smallest absolute Gasteiger partial charge is 0.332 e. The van der Waals surface area contributed by atoms with Gasteiger partial charge in [-0.25, -0.2) is 4.79 Å². The van der Waals surface area contributed by atoms with Gasteiger partial charge in [0.1, 0.15) is 11.4 Å². The van der Waals surface area contributed by atoms with Crippen LogP contribution >= 0.6 is 23.1 Å². The van der Waals surface area contributed by atoms with Crippen LogP contribution < -0.4 is 5.32 Å². The largest absolute Gasteiger partial charge is 0.479 e. The van der Waals surface area contributed by atoms with Crippen LogP contribution in [0.25, 0.3) is 0 Å². The van der Waals surface area contributed by atoms with E-state index in [9.17, 15) is 19.5 Å². The lowest BCUT2D eigenvalue weighted by Gasteiger charge is -2.57. The van der Waals surface area contributed by atoms with Crippen LogP contribution in [0.1, 0.15) is 24.6 Å². The molecule has 9 heteroatoms. The molecule has 7 nitrogen and oxygen atoms in total. The highest BCUT2D eigenvalue weighted by Crippen LogP contribution is 2.44. The number of carbonyl (C=O) groups excluding carboxylic acids is 2. The first-order valence-electron chi connectivity index (χ1n) is 8.57. The maximum Gasteiger partial charge on any atom is 0.332 e. The van der Waals surface area contributed by atoms with E-state index >= 15 is 0 Å². The molecule has 3 unspecified atom stereocenters. The number of carboxylic acids is 1. The molecule has 3 atom stereocenters. The van der Waals surface area contributed by atoms with Crippen molar-refractivity contribution in [3.05, 3.63) is 22.4 Å². The summed E-state index contributed by atoms with van der Waals surface area (Å²) in [6.07, 6.45) is 1.35. The number of aliphatic carboxylic acids is 1. The van der Waals surface area contributed by atoms with Gasteiger partial charge in [0.05, 0.1) is 13.0 Å². The van der Waals surface area contributed by atoms with Crippen LogP contribution in [0.2, 0.25) is 0 Å². The Morgan fingerprint density at radius 1 is 1.50 bits per heavy atom. The Bertz CT molecular complexity index is 681. The number of hydrogen-bond acceptors (Lipinski definition) is 6. The SMILES string of the molecule is CCCOCC1(C(=O)O)CCSC2C(NC(=O)Cc3cccs3)C(=O)N21. The molecule has 2 aliphatic heterocycles. The summed E-state index contributed by atoms with van der Waals surface area (Å²) in [5.41, 5.74) is -1.34. The minimum atomic E-state index is -1.34. The number of thioether (sulfide) groups is 1. The van der Waals surface area contributed by atoms with Gasteiger partial charge in [-0.3, -0.25) is 9.59 Å². The average molecular weight is 399 g/mol. The number of ether oxygens (including phenoxy) is 1. The Hall–Kier alpha value is -1.58. The molecule has 1 aromatic heterocycles. The number of thiophene rings is 1. The number of nitrogens with one attached hydrogen (secondary N) is 1. The number of hydrogen-bond donors (Lipinski definition) is 2. The maximum absolute atomic E-state index is 12.7. The molecule has 3 rings (SSSR count). The zero-order valence-corrected chi connectivity index (χ0v) is 16.1. The fourth-order valence-electron chi connectivity index (χ4n) is 3.29. The number of carboxylic acid groups (broad SMARTS) is 1. The van der Waals surface area contributed by atoms with Gasteiger partial charge >= 0.3 is 5.97 Å². The Morgan fingerprint density at radius 2 is 2.31 bits per heavy atom. The molecule has 2 aliphatic rings. The summed E-state index contributed by atoms with van der Waals surface area (Å²) in [5.74, 6) is -1.01. The zero-order chi connectivity index (χ0) is 18.7. The highest BCUT2D eigenvalue weighted by atomic mass is 32.2. The number of amides is 2. The van der Waals surface area contributed by atoms with E-state index in [1.807, 2.05) is 24.4 Å². The second-order valence-electron chi connectivity index (χ2n) is 6.41. The number of rotatable bonds is 8. The quantitative estimate of drug-likeness (QED) is 0.507. The molecule has 0 spiro atoms. The van der Waals surface area contributed by atoms with Gasteiger partial charge in [-0.15, -0.1) is 23.1 Å². The number of carbonyl (C=O) groups is 3. The van der Waals surface area contributed by atoms with Crippen molar-refractivity contribution in [1.29, 1.82) is 0 Å². The third-order valence-electron chi connectivity index (χ3n) is 4.63. The summed E-state index contributed by atoms with van der Waals surface area (Å²) in [7, 11) is 0. The first kappa shape index (κ1) is 19.2. The van der Waals surface area contributed by atoms with Gasteiger partial charge in [0.2, 0.25) is 11.8 Å². The summed E-state index contributed by atoms with van der Waals surface area (Å²) in [6.45, 7) is 2.38. The van der Waals surface area contributed by atoms with Gasteiger partial charge in [0.25, 0.3) is 0 Å². The molecule has 26 heavy (non-hydrogen) atoms. The molecular formula is C17H22N2O5S2. The van der Waals surface area contributed by atoms with Crippen molar-refractivity contribution in [3.63, 3.8) is 0 Å². The lowest BCUT2D eigenvalue weighted by molar-refractivity contribution is -0.179. The van der Waals surface area contributed by atoms with E-state index in [4.69, 9.17) is 4.74 Å². The predicted octanol–water partition coefficient (Wildman–Crippen LogP) is 1.33. The van der Waals surface area contributed by atoms with Crippen molar-refractivity contribution >= 4 is 40.9 Å². The van der Waals surface area contributed by atoms with Crippen LogP contribution in [0.4, 0.5) is 0 Å². The van der Waals surface area contributed by atoms with Crippen LogP contribution in [0.3, 0.4) is 0 Å². The van der Waals surface area contributed by atoms with E-state index in [0.717, 1.165) is 11.3 Å². The zero-order valence-electron chi connectivity index (χ0n) is 14.5. The van der Waals surface area contributed by atoms with Crippen LogP contribution in [-0.2, 0) is 25.5 Å². The normalized spacial score (nSPS) is 27.6. The lowest BCUT2D eigenvalue weighted by atomic mass is 9.88. The summed E-state index contributed by atoms with van der Waals surface area (Å²) in [5, 5.41) is 14.1.